The molecular formula is C51H101NO9. The molecule has 364 valence electrons. The standard InChI is InChI=1S/C51H101NO9/c1-4-6-8-10-12-14-16-18-19-20-21-22-23-24-25-26-27-28-30-32-34-36-38-40-46(54)52-43(41-60-51-50(58)49(57)48(56)45(61-51)42-59-3)47(55)44(53)39-37-35-33-31-29-17-15-13-11-9-7-5-2/h43-45,47-51,53,55-58H,4-42H2,1-3H3,(H,52,54)/t43-,44+,45+,47-,48-,49-,50+,51-/m0/s1. The monoisotopic (exact) mass is 872 g/mol. The van der Waals surface area contributed by atoms with Crippen LogP contribution in [0.15, 0.2) is 0 Å². The first kappa shape index (κ1) is 58.2. The number of unbranched alkanes of at least 4 members (excludes halogenated alkanes) is 33. The third-order valence-electron chi connectivity index (χ3n) is 13.0. The van der Waals surface area contributed by atoms with Crippen molar-refractivity contribution in [2.45, 2.75) is 300 Å². The fourth-order valence-electron chi connectivity index (χ4n) is 8.76. The maximum absolute atomic E-state index is 13.1. The highest BCUT2D eigenvalue weighted by atomic mass is 16.7. The van der Waals surface area contributed by atoms with E-state index in [9.17, 15) is 30.3 Å². The van der Waals surface area contributed by atoms with Crippen LogP contribution < -0.4 is 5.32 Å². The Morgan fingerprint density at radius 3 is 1.26 bits per heavy atom. The maximum atomic E-state index is 13.1. The van der Waals surface area contributed by atoms with E-state index >= 15 is 0 Å². The SMILES string of the molecule is CCCCCCCCCCCCCCCCCCCCCCCCCC(=O)N[C@@H](CO[C@H]1O[C@H](COC)[C@H](O)[C@H](O)[C@H]1O)[C@H](O)[C@H](O)CCCCCCCCCCCCCC. The molecule has 6 N–H and O–H groups in total. The lowest BCUT2D eigenvalue weighted by atomic mass is 9.98. The second kappa shape index (κ2) is 41.8. The highest BCUT2D eigenvalue weighted by molar-refractivity contribution is 5.76. The molecule has 1 rings (SSSR count). The van der Waals surface area contributed by atoms with Crippen molar-refractivity contribution in [3.05, 3.63) is 0 Å². The lowest BCUT2D eigenvalue weighted by molar-refractivity contribution is -0.304. The van der Waals surface area contributed by atoms with Gasteiger partial charge in [-0.3, -0.25) is 4.79 Å². The normalized spacial score (nSPS) is 20.8. The van der Waals surface area contributed by atoms with Crippen LogP contribution in [0.25, 0.3) is 0 Å². The quantitative estimate of drug-likeness (QED) is 0.0328. The Bertz CT molecular complexity index is 944. The molecule has 0 unspecified atom stereocenters. The highest BCUT2D eigenvalue weighted by Gasteiger charge is 2.45. The van der Waals surface area contributed by atoms with Gasteiger partial charge in [-0.05, 0) is 12.8 Å². The van der Waals surface area contributed by atoms with Crippen LogP contribution in [0.5, 0.6) is 0 Å². The van der Waals surface area contributed by atoms with Crippen molar-refractivity contribution in [2.75, 3.05) is 20.3 Å². The Labute approximate surface area is 375 Å². The van der Waals surface area contributed by atoms with Gasteiger partial charge in [-0.15, -0.1) is 0 Å². The van der Waals surface area contributed by atoms with Crippen LogP contribution in [-0.2, 0) is 19.0 Å². The number of amides is 1. The number of hydrogen-bond acceptors (Lipinski definition) is 9. The van der Waals surface area contributed by atoms with Gasteiger partial charge in [0.25, 0.3) is 0 Å². The first-order valence-corrected chi connectivity index (χ1v) is 26.2. The average Bonchev–Trinajstić information content (AvgIpc) is 3.25. The van der Waals surface area contributed by atoms with Crippen LogP contribution in [0.3, 0.4) is 0 Å². The number of ether oxygens (including phenoxy) is 3. The minimum atomic E-state index is -1.54. The van der Waals surface area contributed by atoms with Gasteiger partial charge in [0.2, 0.25) is 5.91 Å². The Morgan fingerprint density at radius 1 is 0.525 bits per heavy atom. The van der Waals surface area contributed by atoms with E-state index in [0.29, 0.717) is 12.8 Å². The van der Waals surface area contributed by atoms with E-state index in [1.807, 2.05) is 0 Å². The molecule has 8 atom stereocenters. The van der Waals surface area contributed by atoms with Crippen molar-refractivity contribution in [3.8, 4) is 0 Å². The fourth-order valence-corrected chi connectivity index (χ4v) is 8.76. The molecule has 1 aliphatic rings. The molecular weight excluding hydrogens is 771 g/mol. The van der Waals surface area contributed by atoms with Crippen LogP contribution in [0.4, 0.5) is 0 Å². The first-order valence-electron chi connectivity index (χ1n) is 26.2. The summed E-state index contributed by atoms with van der Waals surface area (Å²) in [5, 5.41) is 56.3. The molecule has 0 aromatic carbocycles. The molecule has 0 bridgehead atoms. The van der Waals surface area contributed by atoms with E-state index in [2.05, 4.69) is 19.2 Å². The van der Waals surface area contributed by atoms with E-state index < -0.39 is 49.0 Å². The Hall–Kier alpha value is -0.850. The van der Waals surface area contributed by atoms with Crippen molar-refractivity contribution in [1.82, 2.24) is 5.32 Å². The van der Waals surface area contributed by atoms with Gasteiger partial charge in [0.1, 0.15) is 30.5 Å². The summed E-state index contributed by atoms with van der Waals surface area (Å²) in [5.41, 5.74) is 0. The second-order valence-electron chi connectivity index (χ2n) is 18.7. The molecule has 0 saturated carbocycles. The number of methoxy groups -OCH3 is 1. The maximum Gasteiger partial charge on any atom is 0.220 e. The zero-order valence-electron chi connectivity index (χ0n) is 40.1. The molecule has 1 heterocycles. The van der Waals surface area contributed by atoms with Gasteiger partial charge in [0.15, 0.2) is 6.29 Å². The summed E-state index contributed by atoms with van der Waals surface area (Å²) in [6.45, 7) is 4.25. The van der Waals surface area contributed by atoms with Crippen LogP contribution >= 0.6 is 0 Å². The molecule has 1 fully saturated rings. The van der Waals surface area contributed by atoms with Crippen molar-refractivity contribution in [3.63, 3.8) is 0 Å². The summed E-state index contributed by atoms with van der Waals surface area (Å²) < 4.78 is 16.6. The van der Waals surface area contributed by atoms with E-state index in [0.717, 1.165) is 38.5 Å². The molecule has 1 amide bonds. The predicted molar refractivity (Wildman–Crippen MR) is 251 cm³/mol. The predicted octanol–water partition coefficient (Wildman–Crippen LogP) is 11.1. The van der Waals surface area contributed by atoms with Gasteiger partial charge in [0.05, 0.1) is 25.4 Å². The molecule has 10 nitrogen and oxygen atoms in total. The summed E-state index contributed by atoms with van der Waals surface area (Å²) in [6, 6.07) is -0.954. The average molecular weight is 872 g/mol. The van der Waals surface area contributed by atoms with E-state index in [1.165, 1.54) is 193 Å². The molecule has 0 aliphatic carbocycles. The van der Waals surface area contributed by atoms with E-state index in [4.69, 9.17) is 14.2 Å². The lowest BCUT2D eigenvalue weighted by Crippen LogP contribution is -2.60. The summed E-state index contributed by atoms with van der Waals surface area (Å²) in [4.78, 5) is 13.1. The number of carbonyl (C=O) groups excluding carboxylic acids is 1. The number of aliphatic hydroxyl groups excluding tert-OH is 5. The number of carbonyl (C=O) groups is 1. The molecule has 1 saturated heterocycles. The Balaban J connectivity index is 2.30. The van der Waals surface area contributed by atoms with Crippen LogP contribution in [0.2, 0.25) is 0 Å². The smallest absolute Gasteiger partial charge is 0.220 e. The van der Waals surface area contributed by atoms with Crippen molar-refractivity contribution in [2.24, 2.45) is 0 Å². The van der Waals surface area contributed by atoms with Gasteiger partial charge in [0, 0.05) is 13.5 Å². The summed E-state index contributed by atoms with van der Waals surface area (Å²) in [6.07, 6.45) is 36.3. The third kappa shape index (κ3) is 31.6. The minimum absolute atomic E-state index is 0.0229. The Morgan fingerprint density at radius 2 is 0.885 bits per heavy atom. The molecule has 61 heavy (non-hydrogen) atoms. The van der Waals surface area contributed by atoms with Crippen LogP contribution in [0, 0.1) is 0 Å². The second-order valence-corrected chi connectivity index (χ2v) is 18.7. The van der Waals surface area contributed by atoms with Crippen molar-refractivity contribution < 1.29 is 44.5 Å². The van der Waals surface area contributed by atoms with Gasteiger partial charge in [-0.1, -0.05) is 232 Å². The molecule has 0 aromatic rings. The van der Waals surface area contributed by atoms with Gasteiger partial charge >= 0.3 is 0 Å². The zero-order chi connectivity index (χ0) is 44.6. The van der Waals surface area contributed by atoms with Crippen molar-refractivity contribution >= 4 is 5.91 Å². The highest BCUT2D eigenvalue weighted by Crippen LogP contribution is 2.24. The van der Waals surface area contributed by atoms with Gasteiger partial charge in [-0.25, -0.2) is 0 Å². The summed E-state index contributed by atoms with van der Waals surface area (Å²) >= 11 is 0. The molecule has 1 aliphatic heterocycles. The number of rotatable bonds is 45. The van der Waals surface area contributed by atoms with E-state index in [-0.39, 0.29) is 19.1 Å². The molecule has 0 aromatic heterocycles. The minimum Gasteiger partial charge on any atom is -0.390 e. The molecule has 10 heteroatoms. The topological polar surface area (TPSA) is 158 Å². The summed E-state index contributed by atoms with van der Waals surface area (Å²) in [7, 11) is 1.44. The van der Waals surface area contributed by atoms with Gasteiger partial charge in [-0.2, -0.15) is 0 Å². The van der Waals surface area contributed by atoms with Gasteiger partial charge < -0.3 is 45.1 Å². The van der Waals surface area contributed by atoms with Crippen LogP contribution in [0.1, 0.15) is 251 Å². The Kier molecular flexibility index (Phi) is 39.9. The van der Waals surface area contributed by atoms with Crippen LogP contribution in [-0.4, -0.2) is 101 Å². The lowest BCUT2D eigenvalue weighted by Gasteiger charge is -2.40. The summed E-state index contributed by atoms with van der Waals surface area (Å²) in [5.74, 6) is -0.230. The number of hydrogen-bond donors (Lipinski definition) is 6. The largest absolute Gasteiger partial charge is 0.390 e. The van der Waals surface area contributed by atoms with E-state index in [1.54, 1.807) is 0 Å². The molecule has 0 spiro atoms. The molecule has 0 radical (unpaired) electrons. The number of nitrogens with one attached hydrogen (secondary N) is 1. The van der Waals surface area contributed by atoms with Crippen molar-refractivity contribution in [1.29, 1.82) is 0 Å². The zero-order valence-corrected chi connectivity index (χ0v) is 40.1. The third-order valence-corrected chi connectivity index (χ3v) is 13.0. The number of aliphatic hydroxyl groups is 5. The fraction of sp³-hybridized carbons (Fsp3) is 0.980. The first-order chi connectivity index (χ1) is 29.8.